The Labute approximate surface area is 202 Å². The van der Waals surface area contributed by atoms with E-state index in [1.807, 2.05) is 66.7 Å². The van der Waals surface area contributed by atoms with E-state index in [4.69, 9.17) is 0 Å². The van der Waals surface area contributed by atoms with Crippen LogP contribution in [0.25, 0.3) is 10.9 Å². The van der Waals surface area contributed by atoms with Crippen molar-refractivity contribution in [2.24, 2.45) is 0 Å². The second kappa shape index (κ2) is 9.73. The van der Waals surface area contributed by atoms with Gasteiger partial charge in [0.1, 0.15) is 0 Å². The third-order valence-corrected chi connectivity index (χ3v) is 5.33. The highest BCUT2D eigenvalue weighted by atomic mass is 16.1. The molecule has 0 bridgehead atoms. The van der Waals surface area contributed by atoms with Gasteiger partial charge in [-0.15, -0.1) is 0 Å². The van der Waals surface area contributed by atoms with Gasteiger partial charge in [0.05, 0.1) is 34.6 Å². The lowest BCUT2D eigenvalue weighted by Gasteiger charge is -2.12. The van der Waals surface area contributed by atoms with Crippen LogP contribution in [0.1, 0.15) is 15.9 Å². The summed E-state index contributed by atoms with van der Waals surface area (Å²) in [5.74, 6) is -0.274. The number of nitrogens with zero attached hydrogens (tertiary/aromatic N) is 3. The zero-order valence-corrected chi connectivity index (χ0v) is 18.6. The van der Waals surface area contributed by atoms with Crippen molar-refractivity contribution in [3.63, 3.8) is 0 Å². The summed E-state index contributed by atoms with van der Waals surface area (Å²) in [5, 5.41) is 19.6. The van der Waals surface area contributed by atoms with Crippen LogP contribution in [0.4, 0.5) is 28.4 Å². The van der Waals surface area contributed by atoms with Gasteiger partial charge in [-0.05, 0) is 60.7 Å². The van der Waals surface area contributed by atoms with Crippen molar-refractivity contribution >= 4 is 45.2 Å². The monoisotopic (exact) mass is 456 g/mol. The number of nitriles is 1. The average Bonchev–Trinajstić information content (AvgIpc) is 2.89. The van der Waals surface area contributed by atoms with Gasteiger partial charge in [-0.25, -0.2) is 0 Å². The molecular weight excluding hydrogens is 436 g/mol. The second-order valence-electron chi connectivity index (χ2n) is 7.82. The van der Waals surface area contributed by atoms with Gasteiger partial charge in [0.25, 0.3) is 5.91 Å². The van der Waals surface area contributed by atoms with Crippen LogP contribution in [0.2, 0.25) is 0 Å². The summed E-state index contributed by atoms with van der Waals surface area (Å²) in [6.45, 7) is 0. The molecule has 1 amide bonds. The van der Waals surface area contributed by atoms with Crippen LogP contribution in [0.3, 0.4) is 0 Å². The molecule has 35 heavy (non-hydrogen) atoms. The number of rotatable bonds is 6. The third kappa shape index (κ3) is 5.07. The lowest BCUT2D eigenvalue weighted by molar-refractivity contribution is 0.102. The molecule has 7 heteroatoms. The van der Waals surface area contributed by atoms with E-state index in [1.54, 1.807) is 30.6 Å². The van der Waals surface area contributed by atoms with Crippen LogP contribution >= 0.6 is 0 Å². The van der Waals surface area contributed by atoms with Crippen LogP contribution in [0.5, 0.6) is 0 Å². The Kier molecular flexibility index (Phi) is 6.01. The molecule has 0 aliphatic rings. The van der Waals surface area contributed by atoms with E-state index >= 15 is 0 Å². The third-order valence-electron chi connectivity index (χ3n) is 5.33. The summed E-state index contributed by atoms with van der Waals surface area (Å²) in [6.07, 6.45) is 4.85. The van der Waals surface area contributed by atoms with Crippen molar-refractivity contribution in [1.82, 2.24) is 9.97 Å². The van der Waals surface area contributed by atoms with E-state index < -0.39 is 0 Å². The number of fused-ring (bicyclic) bond motifs is 1. The minimum atomic E-state index is -0.274. The predicted octanol–water partition coefficient (Wildman–Crippen LogP) is 6.24. The summed E-state index contributed by atoms with van der Waals surface area (Å²) in [4.78, 5) is 21.5. The number of hydrogen-bond donors (Lipinski definition) is 3. The molecule has 0 radical (unpaired) electrons. The summed E-state index contributed by atoms with van der Waals surface area (Å²) in [5.41, 5.74) is 5.63. The van der Waals surface area contributed by atoms with E-state index in [0.29, 0.717) is 22.5 Å². The summed E-state index contributed by atoms with van der Waals surface area (Å²) < 4.78 is 0. The molecule has 0 saturated carbocycles. The largest absolute Gasteiger partial charge is 0.355 e. The molecule has 3 N–H and O–H groups in total. The van der Waals surface area contributed by atoms with E-state index in [9.17, 15) is 10.1 Å². The molecule has 7 nitrogen and oxygen atoms in total. The van der Waals surface area contributed by atoms with E-state index in [2.05, 4.69) is 32.0 Å². The van der Waals surface area contributed by atoms with Crippen molar-refractivity contribution in [2.45, 2.75) is 0 Å². The quantitative estimate of drug-likeness (QED) is 0.279. The number of amides is 1. The molecule has 2 aromatic heterocycles. The summed E-state index contributed by atoms with van der Waals surface area (Å²) in [7, 11) is 0. The molecule has 0 unspecified atom stereocenters. The minimum absolute atomic E-state index is 0.274. The second-order valence-corrected chi connectivity index (χ2v) is 7.82. The number of benzene rings is 3. The van der Waals surface area contributed by atoms with E-state index in [-0.39, 0.29) is 5.91 Å². The average molecular weight is 457 g/mol. The first-order valence-corrected chi connectivity index (χ1v) is 10.9. The molecule has 5 aromatic rings. The normalized spacial score (nSPS) is 10.4. The van der Waals surface area contributed by atoms with E-state index in [0.717, 1.165) is 28.0 Å². The van der Waals surface area contributed by atoms with Crippen molar-refractivity contribution in [3.05, 3.63) is 115 Å². The Balaban J connectivity index is 1.33. The molecule has 168 valence electrons. The van der Waals surface area contributed by atoms with Crippen molar-refractivity contribution < 1.29 is 4.79 Å². The Hall–Kier alpha value is -5.22. The highest BCUT2D eigenvalue weighted by Crippen LogP contribution is 2.26. The Morgan fingerprint density at radius 3 is 2.46 bits per heavy atom. The predicted molar refractivity (Wildman–Crippen MR) is 138 cm³/mol. The smallest absolute Gasteiger partial charge is 0.257 e. The molecule has 2 heterocycles. The van der Waals surface area contributed by atoms with Gasteiger partial charge in [0, 0.05) is 40.5 Å². The van der Waals surface area contributed by atoms with Crippen molar-refractivity contribution in [3.8, 4) is 6.07 Å². The number of carbonyl (C=O) groups is 1. The van der Waals surface area contributed by atoms with Gasteiger partial charge in [-0.1, -0.05) is 24.3 Å². The Morgan fingerprint density at radius 1 is 0.771 bits per heavy atom. The first-order valence-electron chi connectivity index (χ1n) is 10.9. The molecule has 0 saturated heterocycles. The Morgan fingerprint density at radius 2 is 1.60 bits per heavy atom. The van der Waals surface area contributed by atoms with Crippen LogP contribution in [0.15, 0.2) is 104 Å². The van der Waals surface area contributed by atoms with Gasteiger partial charge in [-0.3, -0.25) is 14.8 Å². The van der Waals surface area contributed by atoms with Crippen LogP contribution in [0, 0.1) is 11.3 Å². The fourth-order valence-electron chi connectivity index (χ4n) is 3.68. The number of nitrogens with one attached hydrogen (secondary N) is 3. The zero-order valence-electron chi connectivity index (χ0n) is 18.6. The molecular formula is C28H20N6O. The van der Waals surface area contributed by atoms with Crippen molar-refractivity contribution in [2.75, 3.05) is 16.0 Å². The maximum atomic E-state index is 12.9. The molecule has 0 aliphatic carbocycles. The highest BCUT2D eigenvalue weighted by molar-refractivity contribution is 6.05. The number of hydrogen-bond acceptors (Lipinski definition) is 6. The molecule has 0 spiro atoms. The maximum Gasteiger partial charge on any atom is 0.257 e. The zero-order chi connectivity index (χ0) is 24.0. The number of anilines is 5. The van der Waals surface area contributed by atoms with Gasteiger partial charge in [0.15, 0.2) is 0 Å². The Bertz CT molecular complexity index is 1560. The molecule has 0 aliphatic heterocycles. The molecule has 5 rings (SSSR count). The lowest BCUT2D eigenvalue weighted by Crippen LogP contribution is -2.12. The van der Waals surface area contributed by atoms with Gasteiger partial charge in [-0.2, -0.15) is 5.26 Å². The van der Waals surface area contributed by atoms with Crippen LogP contribution in [-0.2, 0) is 0 Å². The number of carbonyl (C=O) groups excluding carboxylic acids is 1. The SMILES string of the molecule is N#Cc1ccc2nccc(Nc3cncc(C(=O)Nc4cccc(Nc5ccccc5)c4)c3)c2c1. The molecule has 0 atom stereocenters. The number of pyridine rings is 2. The van der Waals surface area contributed by atoms with Gasteiger partial charge >= 0.3 is 0 Å². The fourth-order valence-corrected chi connectivity index (χ4v) is 3.68. The van der Waals surface area contributed by atoms with Crippen LogP contribution in [-0.4, -0.2) is 15.9 Å². The first kappa shape index (κ1) is 21.6. The number of aromatic nitrogens is 2. The summed E-state index contributed by atoms with van der Waals surface area (Å²) in [6, 6.07) is 28.4. The van der Waals surface area contributed by atoms with E-state index in [1.165, 1.54) is 6.20 Å². The van der Waals surface area contributed by atoms with Gasteiger partial charge in [0.2, 0.25) is 0 Å². The van der Waals surface area contributed by atoms with Crippen molar-refractivity contribution in [1.29, 1.82) is 5.26 Å². The standard InChI is InChI=1S/C28H20N6O/c29-16-19-9-10-26-25(13-19)27(11-12-31-26)33-24-14-20(17-30-18-24)28(35)34-23-8-4-7-22(15-23)32-21-5-2-1-3-6-21/h1-15,17-18,32H,(H,31,33)(H,34,35). The molecule has 0 fully saturated rings. The highest BCUT2D eigenvalue weighted by Gasteiger charge is 2.10. The topological polar surface area (TPSA) is 103 Å². The molecule has 3 aromatic carbocycles. The number of para-hydroxylation sites is 1. The minimum Gasteiger partial charge on any atom is -0.355 e. The van der Waals surface area contributed by atoms with Gasteiger partial charge < -0.3 is 16.0 Å². The summed E-state index contributed by atoms with van der Waals surface area (Å²) >= 11 is 0. The maximum absolute atomic E-state index is 12.9. The lowest BCUT2D eigenvalue weighted by atomic mass is 10.1. The first-order chi connectivity index (χ1) is 17.2. The van der Waals surface area contributed by atoms with Crippen LogP contribution < -0.4 is 16.0 Å². The fraction of sp³-hybridized carbons (Fsp3) is 0.